The van der Waals surface area contributed by atoms with Crippen LogP contribution in [0, 0.1) is 13.8 Å². The lowest BCUT2D eigenvalue weighted by Crippen LogP contribution is -2.02. The molecule has 0 amide bonds. The van der Waals surface area contributed by atoms with E-state index in [1.54, 1.807) is 19.9 Å². The maximum Gasteiger partial charge on any atom is 0.261 e. The highest BCUT2D eigenvalue weighted by molar-refractivity contribution is 8.13. The van der Waals surface area contributed by atoms with E-state index in [-0.39, 0.29) is 11.5 Å². The Labute approximate surface area is 127 Å². The van der Waals surface area contributed by atoms with Gasteiger partial charge in [0.05, 0.1) is 4.90 Å². The third-order valence-electron chi connectivity index (χ3n) is 2.90. The average molecular weight is 331 g/mol. The smallest absolute Gasteiger partial charge is 0.261 e. The van der Waals surface area contributed by atoms with Crippen LogP contribution >= 0.6 is 10.7 Å². The maximum absolute atomic E-state index is 11.4. The fourth-order valence-corrected chi connectivity index (χ4v) is 3.08. The molecule has 8 heteroatoms. The van der Waals surface area contributed by atoms with Gasteiger partial charge in [-0.25, -0.2) is 8.42 Å². The molecule has 0 aliphatic rings. The van der Waals surface area contributed by atoms with Gasteiger partial charge in [-0.05, 0) is 37.1 Å². The molecule has 0 radical (unpaired) electrons. The van der Waals surface area contributed by atoms with Crippen LogP contribution in [0.2, 0.25) is 0 Å². The molecule has 1 heterocycles. The third-order valence-corrected chi connectivity index (χ3v) is 4.37. The van der Waals surface area contributed by atoms with Gasteiger partial charge in [0.25, 0.3) is 9.05 Å². The van der Waals surface area contributed by atoms with Gasteiger partial charge >= 0.3 is 0 Å². The molecule has 0 aliphatic heterocycles. The molecule has 0 N–H and O–H groups in total. The van der Waals surface area contributed by atoms with Crippen molar-refractivity contribution in [3.05, 3.63) is 35.0 Å². The topological polar surface area (TPSA) is 82.3 Å². The van der Waals surface area contributed by atoms with Crippen molar-refractivity contribution < 1.29 is 17.7 Å². The molecule has 0 saturated heterocycles. The first-order valence-corrected chi connectivity index (χ1v) is 8.62. The summed E-state index contributed by atoms with van der Waals surface area (Å²) in [7, 11) is 1.62. The van der Waals surface area contributed by atoms with Crippen LogP contribution in [0.5, 0.6) is 5.75 Å². The van der Waals surface area contributed by atoms with Gasteiger partial charge in [-0.15, -0.1) is 0 Å². The second-order valence-corrected chi connectivity index (χ2v) is 7.10. The quantitative estimate of drug-likeness (QED) is 0.784. The molecule has 1 aromatic carbocycles. The van der Waals surface area contributed by atoms with E-state index in [2.05, 4.69) is 10.1 Å². The van der Waals surface area contributed by atoms with Gasteiger partial charge in [0.15, 0.2) is 6.61 Å². The first-order valence-electron chi connectivity index (χ1n) is 6.31. The van der Waals surface area contributed by atoms with Crippen LogP contribution < -0.4 is 4.74 Å². The lowest BCUT2D eigenvalue weighted by Gasteiger charge is -2.10. The van der Waals surface area contributed by atoms with E-state index in [1.807, 2.05) is 6.92 Å². The Balaban J connectivity index is 2.19. The molecule has 21 heavy (non-hydrogen) atoms. The van der Waals surface area contributed by atoms with Gasteiger partial charge in [-0.1, -0.05) is 12.1 Å². The standard InChI is InChI=1S/C13H15ClN2O4S/c1-4-13-15-12(16-20-13)7-19-10-5-9(3)11(6-8(10)2)21(14,17)18/h5-6H,4,7H2,1-3H3. The van der Waals surface area contributed by atoms with E-state index in [1.165, 1.54) is 6.07 Å². The molecule has 0 spiro atoms. The van der Waals surface area contributed by atoms with Crippen LogP contribution in [-0.2, 0) is 22.1 Å². The number of nitrogens with zero attached hydrogens (tertiary/aromatic N) is 2. The minimum atomic E-state index is -3.76. The summed E-state index contributed by atoms with van der Waals surface area (Å²) in [5.74, 6) is 1.54. The normalized spacial score (nSPS) is 11.6. The summed E-state index contributed by atoms with van der Waals surface area (Å²) in [5, 5.41) is 3.78. The van der Waals surface area contributed by atoms with Gasteiger partial charge in [0.1, 0.15) is 5.75 Å². The highest BCUT2D eigenvalue weighted by Gasteiger charge is 2.16. The predicted molar refractivity (Wildman–Crippen MR) is 77.0 cm³/mol. The summed E-state index contributed by atoms with van der Waals surface area (Å²) >= 11 is 0. The van der Waals surface area contributed by atoms with Crippen molar-refractivity contribution in [1.29, 1.82) is 0 Å². The molecule has 114 valence electrons. The summed E-state index contributed by atoms with van der Waals surface area (Å²) in [6.07, 6.45) is 0.660. The van der Waals surface area contributed by atoms with Gasteiger partial charge in [-0.3, -0.25) is 0 Å². The highest BCUT2D eigenvalue weighted by atomic mass is 35.7. The monoisotopic (exact) mass is 330 g/mol. The zero-order valence-corrected chi connectivity index (χ0v) is 13.5. The molecule has 0 unspecified atom stereocenters. The van der Waals surface area contributed by atoms with Crippen molar-refractivity contribution in [2.24, 2.45) is 0 Å². The zero-order chi connectivity index (χ0) is 15.6. The molecule has 1 aromatic heterocycles. The Bertz CT molecular complexity index is 756. The lowest BCUT2D eigenvalue weighted by atomic mass is 10.1. The zero-order valence-electron chi connectivity index (χ0n) is 11.9. The van der Waals surface area contributed by atoms with Crippen molar-refractivity contribution in [2.75, 3.05) is 0 Å². The molecular formula is C13H15ClN2O4S. The van der Waals surface area contributed by atoms with Crippen LogP contribution in [0.15, 0.2) is 21.6 Å². The molecule has 0 fully saturated rings. The van der Waals surface area contributed by atoms with E-state index in [0.717, 1.165) is 0 Å². The van der Waals surface area contributed by atoms with Crippen LogP contribution in [0.1, 0.15) is 29.8 Å². The molecule has 0 bridgehead atoms. The predicted octanol–water partition coefficient (Wildman–Crippen LogP) is 2.76. The minimum absolute atomic E-state index is 0.0850. The Morgan fingerprint density at radius 3 is 2.57 bits per heavy atom. The summed E-state index contributed by atoms with van der Waals surface area (Å²) in [4.78, 5) is 4.22. The Hall–Kier alpha value is -1.60. The van der Waals surface area contributed by atoms with Crippen molar-refractivity contribution >= 4 is 19.7 Å². The molecule has 2 aromatic rings. The van der Waals surface area contributed by atoms with Crippen LogP contribution in [0.3, 0.4) is 0 Å². The number of hydrogen-bond donors (Lipinski definition) is 0. The van der Waals surface area contributed by atoms with Crippen LogP contribution in [-0.4, -0.2) is 18.6 Å². The van der Waals surface area contributed by atoms with Gasteiger partial charge in [0.2, 0.25) is 11.7 Å². The molecular weight excluding hydrogens is 316 g/mol. The first-order chi connectivity index (χ1) is 9.81. The van der Waals surface area contributed by atoms with E-state index < -0.39 is 9.05 Å². The largest absolute Gasteiger partial charge is 0.485 e. The number of halogens is 1. The highest BCUT2D eigenvalue weighted by Crippen LogP contribution is 2.28. The number of aromatic nitrogens is 2. The second-order valence-electron chi connectivity index (χ2n) is 4.57. The van der Waals surface area contributed by atoms with E-state index in [0.29, 0.717) is 35.0 Å². The Morgan fingerprint density at radius 2 is 2.00 bits per heavy atom. The van der Waals surface area contributed by atoms with E-state index >= 15 is 0 Å². The van der Waals surface area contributed by atoms with Crippen molar-refractivity contribution in [2.45, 2.75) is 38.7 Å². The van der Waals surface area contributed by atoms with Gasteiger partial charge < -0.3 is 9.26 Å². The van der Waals surface area contributed by atoms with Crippen molar-refractivity contribution in [1.82, 2.24) is 10.1 Å². The summed E-state index contributed by atoms with van der Waals surface area (Å²) < 4.78 is 33.4. The van der Waals surface area contributed by atoms with Gasteiger partial charge in [-0.2, -0.15) is 4.98 Å². The lowest BCUT2D eigenvalue weighted by molar-refractivity contribution is 0.283. The molecule has 6 nitrogen and oxygen atoms in total. The minimum Gasteiger partial charge on any atom is -0.485 e. The van der Waals surface area contributed by atoms with Crippen LogP contribution in [0.4, 0.5) is 0 Å². The number of benzene rings is 1. The molecule has 0 atom stereocenters. The van der Waals surface area contributed by atoms with Crippen LogP contribution in [0.25, 0.3) is 0 Å². The van der Waals surface area contributed by atoms with Gasteiger partial charge in [0, 0.05) is 17.1 Å². The number of ether oxygens (including phenoxy) is 1. The SMILES string of the molecule is CCc1nc(COc2cc(C)c(S(=O)(=O)Cl)cc2C)no1. The number of aryl methyl sites for hydroxylation is 3. The number of hydrogen-bond acceptors (Lipinski definition) is 6. The summed E-state index contributed by atoms with van der Waals surface area (Å²) in [6, 6.07) is 3.12. The Kier molecular flexibility index (Phi) is 4.53. The van der Waals surface area contributed by atoms with E-state index in [4.69, 9.17) is 19.9 Å². The Morgan fingerprint density at radius 1 is 1.29 bits per heavy atom. The van der Waals surface area contributed by atoms with Crippen molar-refractivity contribution in [3.63, 3.8) is 0 Å². The summed E-state index contributed by atoms with van der Waals surface area (Å²) in [5.41, 5.74) is 1.19. The number of rotatable bonds is 5. The average Bonchev–Trinajstić information content (AvgIpc) is 2.86. The molecule has 0 aliphatic carbocycles. The summed E-state index contributed by atoms with van der Waals surface area (Å²) in [6.45, 7) is 5.47. The van der Waals surface area contributed by atoms with E-state index in [9.17, 15) is 8.42 Å². The fraction of sp³-hybridized carbons (Fsp3) is 0.385. The van der Waals surface area contributed by atoms with Crippen molar-refractivity contribution in [3.8, 4) is 5.75 Å². The fourth-order valence-electron chi connectivity index (χ4n) is 1.82. The molecule has 2 rings (SSSR count). The molecule has 0 saturated carbocycles. The first kappa shape index (κ1) is 15.8. The maximum atomic E-state index is 11.4. The second kappa shape index (κ2) is 6.03. The third kappa shape index (κ3) is 3.74.